The number of ether oxygens (including phenoxy) is 1. The summed E-state index contributed by atoms with van der Waals surface area (Å²) in [6, 6.07) is 5.20. The van der Waals surface area contributed by atoms with Gasteiger partial charge >= 0.3 is 0 Å². The zero-order valence-corrected chi connectivity index (χ0v) is 13.7. The smallest absolute Gasteiger partial charge is 0.262 e. The predicted octanol–water partition coefficient (Wildman–Crippen LogP) is 2.03. The molecule has 21 heavy (non-hydrogen) atoms. The maximum absolute atomic E-state index is 12.6. The quantitative estimate of drug-likeness (QED) is 0.812. The van der Waals surface area contributed by atoms with Crippen LogP contribution >= 0.6 is 11.6 Å². The molecule has 0 spiro atoms. The minimum absolute atomic E-state index is 0.0215. The first kappa shape index (κ1) is 16.2. The van der Waals surface area contributed by atoms with Crippen molar-refractivity contribution < 1.29 is 13.2 Å². The van der Waals surface area contributed by atoms with Gasteiger partial charge in [-0.05, 0) is 26.0 Å². The van der Waals surface area contributed by atoms with Gasteiger partial charge in [-0.15, -0.1) is 0 Å². The van der Waals surface area contributed by atoms with Gasteiger partial charge in [0.25, 0.3) is 10.0 Å². The van der Waals surface area contributed by atoms with Crippen LogP contribution in [0.5, 0.6) is 0 Å². The highest BCUT2D eigenvalue weighted by Gasteiger charge is 2.28. The lowest BCUT2D eigenvalue weighted by atomic mass is 10.5. The molecule has 0 amide bonds. The van der Waals surface area contributed by atoms with E-state index < -0.39 is 10.0 Å². The molecule has 116 valence electrons. The van der Waals surface area contributed by atoms with E-state index >= 15 is 0 Å². The lowest BCUT2D eigenvalue weighted by molar-refractivity contribution is 0.0737. The van der Waals surface area contributed by atoms with Crippen LogP contribution < -0.4 is 0 Å². The number of rotatable bonds is 6. The third-order valence-electron chi connectivity index (χ3n) is 2.96. The number of sulfonamides is 1. The third kappa shape index (κ3) is 3.37. The number of likely N-dealkylation sites (N-methyl/N-ethyl adjacent to an activating group) is 1. The number of hydrogen-bond acceptors (Lipinski definition) is 4. The van der Waals surface area contributed by atoms with Crippen LogP contribution in [0.2, 0.25) is 5.15 Å². The first-order chi connectivity index (χ1) is 9.84. The second kappa shape index (κ2) is 6.31. The van der Waals surface area contributed by atoms with Gasteiger partial charge in [-0.2, -0.15) is 4.31 Å². The van der Waals surface area contributed by atoms with E-state index in [1.54, 1.807) is 24.4 Å². The summed E-state index contributed by atoms with van der Waals surface area (Å²) >= 11 is 6.01. The Kier molecular flexibility index (Phi) is 4.88. The molecule has 2 aromatic rings. The summed E-state index contributed by atoms with van der Waals surface area (Å²) in [5.74, 6) is 0. The second-order valence-corrected chi connectivity index (χ2v) is 7.20. The molecule has 0 saturated carbocycles. The lowest BCUT2D eigenvalue weighted by Gasteiger charge is -2.17. The van der Waals surface area contributed by atoms with Gasteiger partial charge in [-0.25, -0.2) is 13.4 Å². The van der Waals surface area contributed by atoms with Crippen molar-refractivity contribution >= 4 is 27.3 Å². The number of aromatic nitrogens is 2. The number of fused-ring (bicyclic) bond motifs is 1. The van der Waals surface area contributed by atoms with Crippen LogP contribution in [0.15, 0.2) is 29.4 Å². The Morgan fingerprint density at radius 3 is 2.81 bits per heavy atom. The molecule has 2 rings (SSSR count). The van der Waals surface area contributed by atoms with Gasteiger partial charge in [0.1, 0.15) is 5.65 Å². The molecule has 0 atom stereocenters. The van der Waals surface area contributed by atoms with E-state index in [4.69, 9.17) is 16.3 Å². The summed E-state index contributed by atoms with van der Waals surface area (Å²) in [4.78, 5) is 4.06. The normalized spacial score (nSPS) is 12.7. The van der Waals surface area contributed by atoms with E-state index in [2.05, 4.69) is 4.98 Å². The molecule has 0 saturated heterocycles. The molecule has 8 heteroatoms. The number of halogens is 1. The molecule has 0 N–H and O–H groups in total. The molecular formula is C13H18ClN3O3S. The lowest BCUT2D eigenvalue weighted by Crippen LogP contribution is -2.31. The van der Waals surface area contributed by atoms with Crippen molar-refractivity contribution in [3.63, 3.8) is 0 Å². The Morgan fingerprint density at radius 1 is 1.43 bits per heavy atom. The summed E-state index contributed by atoms with van der Waals surface area (Å²) < 4.78 is 33.3. The fraction of sp³-hybridized carbons (Fsp3) is 0.462. The molecule has 2 heterocycles. The van der Waals surface area contributed by atoms with Crippen LogP contribution in [0.3, 0.4) is 0 Å². The Balaban J connectivity index is 2.31. The molecule has 0 aliphatic carbocycles. The van der Waals surface area contributed by atoms with Gasteiger partial charge in [0, 0.05) is 19.8 Å². The monoisotopic (exact) mass is 331 g/mol. The molecule has 2 aromatic heterocycles. The highest BCUT2D eigenvalue weighted by atomic mass is 35.5. The van der Waals surface area contributed by atoms with E-state index in [1.165, 1.54) is 15.8 Å². The van der Waals surface area contributed by atoms with Crippen molar-refractivity contribution in [3.05, 3.63) is 29.5 Å². The number of nitrogens with zero attached hydrogens (tertiary/aromatic N) is 3. The first-order valence-electron chi connectivity index (χ1n) is 6.54. The Bertz CT molecular complexity index is 727. The summed E-state index contributed by atoms with van der Waals surface area (Å²) in [5.41, 5.74) is 0.493. The van der Waals surface area contributed by atoms with Crippen LogP contribution in [-0.2, 0) is 14.8 Å². The summed E-state index contributed by atoms with van der Waals surface area (Å²) in [7, 11) is -2.23. The van der Waals surface area contributed by atoms with Gasteiger partial charge in [0.2, 0.25) is 0 Å². The SMILES string of the molecule is CC(C)OCCN(C)S(=O)(=O)c1c(Cl)nc2ccccn12. The van der Waals surface area contributed by atoms with Crippen molar-refractivity contribution in [2.45, 2.75) is 25.0 Å². The molecule has 0 aromatic carbocycles. The van der Waals surface area contributed by atoms with Crippen molar-refractivity contribution in [2.75, 3.05) is 20.2 Å². The van der Waals surface area contributed by atoms with Crippen molar-refractivity contribution in [1.29, 1.82) is 0 Å². The number of imidazole rings is 1. The minimum Gasteiger partial charge on any atom is -0.377 e. The molecule has 0 fully saturated rings. The van der Waals surface area contributed by atoms with E-state index in [-0.39, 0.29) is 22.8 Å². The Morgan fingerprint density at radius 2 is 2.14 bits per heavy atom. The third-order valence-corrected chi connectivity index (χ3v) is 5.22. The van der Waals surface area contributed by atoms with Crippen LogP contribution in [-0.4, -0.2) is 48.4 Å². The largest absolute Gasteiger partial charge is 0.377 e. The van der Waals surface area contributed by atoms with E-state index in [9.17, 15) is 8.42 Å². The van der Waals surface area contributed by atoms with Crippen molar-refractivity contribution in [1.82, 2.24) is 13.7 Å². The van der Waals surface area contributed by atoms with Crippen molar-refractivity contribution in [3.8, 4) is 0 Å². The Labute approximate surface area is 129 Å². The highest BCUT2D eigenvalue weighted by molar-refractivity contribution is 7.89. The summed E-state index contributed by atoms with van der Waals surface area (Å²) in [6.45, 7) is 4.37. The van der Waals surface area contributed by atoms with Gasteiger partial charge in [-0.1, -0.05) is 17.7 Å². The maximum atomic E-state index is 12.6. The molecule has 0 unspecified atom stereocenters. The van der Waals surface area contributed by atoms with Crippen LogP contribution in [0.4, 0.5) is 0 Å². The zero-order chi connectivity index (χ0) is 15.6. The predicted molar refractivity (Wildman–Crippen MR) is 81.1 cm³/mol. The van der Waals surface area contributed by atoms with Crippen molar-refractivity contribution in [2.24, 2.45) is 0 Å². The summed E-state index contributed by atoms with van der Waals surface area (Å²) in [5, 5.41) is -0.0513. The molecule has 0 radical (unpaired) electrons. The minimum atomic E-state index is -3.73. The molecule has 0 aliphatic heterocycles. The highest BCUT2D eigenvalue weighted by Crippen LogP contribution is 2.24. The van der Waals surface area contributed by atoms with Crippen LogP contribution in [0.25, 0.3) is 5.65 Å². The number of pyridine rings is 1. The van der Waals surface area contributed by atoms with Crippen LogP contribution in [0.1, 0.15) is 13.8 Å². The molecule has 0 aliphatic rings. The van der Waals surface area contributed by atoms with Crippen LogP contribution in [0, 0.1) is 0 Å². The molecule has 6 nitrogen and oxygen atoms in total. The van der Waals surface area contributed by atoms with Gasteiger partial charge in [-0.3, -0.25) is 4.40 Å². The van der Waals surface area contributed by atoms with E-state index in [0.717, 1.165) is 0 Å². The average molecular weight is 332 g/mol. The van der Waals surface area contributed by atoms with E-state index in [1.807, 2.05) is 13.8 Å². The standard InChI is InChI=1S/C13H18ClN3O3S/c1-10(2)20-9-8-16(3)21(18,19)13-12(14)15-11-6-4-5-7-17(11)13/h4-7,10H,8-9H2,1-3H3. The Hall–Kier alpha value is -1.15. The zero-order valence-electron chi connectivity index (χ0n) is 12.2. The average Bonchev–Trinajstić information content (AvgIpc) is 2.74. The number of hydrogen-bond donors (Lipinski definition) is 0. The van der Waals surface area contributed by atoms with Gasteiger partial charge < -0.3 is 4.74 Å². The maximum Gasteiger partial charge on any atom is 0.262 e. The fourth-order valence-electron chi connectivity index (χ4n) is 1.86. The fourth-order valence-corrected chi connectivity index (χ4v) is 3.60. The first-order valence-corrected chi connectivity index (χ1v) is 8.36. The van der Waals surface area contributed by atoms with E-state index in [0.29, 0.717) is 12.3 Å². The topological polar surface area (TPSA) is 63.9 Å². The van der Waals surface area contributed by atoms with Gasteiger partial charge in [0.15, 0.2) is 10.2 Å². The molecule has 0 bridgehead atoms. The summed E-state index contributed by atoms with van der Waals surface area (Å²) in [6.07, 6.45) is 1.68. The molecular weight excluding hydrogens is 314 g/mol. The second-order valence-electron chi connectivity index (χ2n) is 4.88. The van der Waals surface area contributed by atoms with Gasteiger partial charge in [0.05, 0.1) is 12.7 Å².